The fourth-order valence-corrected chi connectivity index (χ4v) is 8.61. The van der Waals surface area contributed by atoms with Gasteiger partial charge in [-0.05, 0) is 103 Å². The molecule has 0 saturated heterocycles. The van der Waals surface area contributed by atoms with Crippen LogP contribution in [0.5, 0.6) is 0 Å². The van der Waals surface area contributed by atoms with E-state index in [1.807, 2.05) is 12.1 Å². The van der Waals surface area contributed by atoms with E-state index in [0.717, 1.165) is 39.5 Å². The van der Waals surface area contributed by atoms with Crippen LogP contribution in [0.4, 0.5) is 0 Å². The molecular weight excluding hydrogens is 609 g/mol. The summed E-state index contributed by atoms with van der Waals surface area (Å²) in [5, 5.41) is 12.2. The normalized spacial score (nSPS) is 15.0. The van der Waals surface area contributed by atoms with E-state index in [9.17, 15) is 0 Å². The van der Waals surface area contributed by atoms with E-state index in [-0.39, 0.29) is 5.92 Å². The van der Waals surface area contributed by atoms with Gasteiger partial charge in [0.15, 0.2) is 0 Å². The number of rotatable bonds is 3. The first-order valence-electron chi connectivity index (χ1n) is 17.4. The van der Waals surface area contributed by atoms with Crippen LogP contribution >= 0.6 is 0 Å². The SMILES string of the molecule is C1=CC(c2c3ccccc3c(-c3ccc4oc5ccccc5c4c3)c3ccccc23)CC(c2cccc3oc4cc5ccccc5cc4c23)=C1. The van der Waals surface area contributed by atoms with Crippen molar-refractivity contribution in [3.63, 3.8) is 0 Å². The highest BCUT2D eigenvalue weighted by molar-refractivity contribution is 6.18. The lowest BCUT2D eigenvalue weighted by atomic mass is 9.78. The van der Waals surface area contributed by atoms with Crippen LogP contribution in [-0.2, 0) is 0 Å². The summed E-state index contributed by atoms with van der Waals surface area (Å²) >= 11 is 0. The van der Waals surface area contributed by atoms with Gasteiger partial charge in [0, 0.05) is 27.5 Å². The van der Waals surface area contributed by atoms with Crippen molar-refractivity contribution in [2.45, 2.75) is 12.3 Å². The smallest absolute Gasteiger partial charge is 0.136 e. The summed E-state index contributed by atoms with van der Waals surface area (Å²) in [6, 6.07) is 52.4. The number of furan rings is 2. The third kappa shape index (κ3) is 4.02. The van der Waals surface area contributed by atoms with Gasteiger partial charge in [0.1, 0.15) is 22.3 Å². The molecule has 1 aliphatic carbocycles. The van der Waals surface area contributed by atoms with Crippen molar-refractivity contribution in [3.8, 4) is 11.1 Å². The average molecular weight is 639 g/mol. The second-order valence-electron chi connectivity index (χ2n) is 13.6. The van der Waals surface area contributed by atoms with Crippen LogP contribution in [0.25, 0.3) is 92.9 Å². The van der Waals surface area contributed by atoms with Crippen LogP contribution in [0.1, 0.15) is 23.5 Å². The minimum Gasteiger partial charge on any atom is -0.456 e. The van der Waals surface area contributed by atoms with E-state index in [2.05, 4.69) is 152 Å². The predicted molar refractivity (Wildman–Crippen MR) is 210 cm³/mol. The fourth-order valence-electron chi connectivity index (χ4n) is 8.61. The second kappa shape index (κ2) is 10.6. The molecule has 0 bridgehead atoms. The number of benzene rings is 8. The van der Waals surface area contributed by atoms with Crippen LogP contribution in [0.3, 0.4) is 0 Å². The summed E-state index contributed by atoms with van der Waals surface area (Å²) in [7, 11) is 0. The molecule has 10 aromatic rings. The van der Waals surface area contributed by atoms with Crippen molar-refractivity contribution in [2.24, 2.45) is 0 Å². The van der Waals surface area contributed by atoms with Crippen LogP contribution in [0.2, 0.25) is 0 Å². The zero-order valence-corrected chi connectivity index (χ0v) is 27.2. The van der Waals surface area contributed by atoms with E-state index < -0.39 is 0 Å². The summed E-state index contributed by atoms with van der Waals surface area (Å²) in [5.41, 5.74) is 10.1. The minimum absolute atomic E-state index is 0.202. The summed E-state index contributed by atoms with van der Waals surface area (Å²) in [4.78, 5) is 0. The first kappa shape index (κ1) is 27.6. The molecule has 0 saturated carbocycles. The molecule has 11 rings (SSSR count). The number of fused-ring (bicyclic) bond motifs is 9. The number of hydrogen-bond donors (Lipinski definition) is 0. The molecule has 2 nitrogen and oxygen atoms in total. The molecular formula is C48H30O2. The highest BCUT2D eigenvalue weighted by atomic mass is 16.3. The lowest BCUT2D eigenvalue weighted by Crippen LogP contribution is -2.04. The Kier molecular flexibility index (Phi) is 5.82. The molecule has 2 heterocycles. The lowest BCUT2D eigenvalue weighted by molar-refractivity contribution is 0.668. The molecule has 2 aromatic heterocycles. The van der Waals surface area contributed by atoms with E-state index in [1.54, 1.807) is 0 Å². The molecule has 0 radical (unpaired) electrons. The Bertz CT molecular complexity index is 3020. The molecule has 0 N–H and O–H groups in total. The Balaban J connectivity index is 1.09. The Morgan fingerprint density at radius 1 is 0.460 bits per heavy atom. The quantitative estimate of drug-likeness (QED) is 0.180. The van der Waals surface area contributed by atoms with Gasteiger partial charge in [-0.15, -0.1) is 0 Å². The summed E-state index contributed by atoms with van der Waals surface area (Å²) in [6.07, 6.45) is 7.85. The van der Waals surface area contributed by atoms with Gasteiger partial charge >= 0.3 is 0 Å². The Morgan fingerprint density at radius 2 is 1.10 bits per heavy atom. The third-order valence-electron chi connectivity index (χ3n) is 10.8. The largest absolute Gasteiger partial charge is 0.456 e. The molecule has 1 aliphatic rings. The Hall–Kier alpha value is -6.38. The van der Waals surface area contributed by atoms with Crippen molar-refractivity contribution in [1.29, 1.82) is 0 Å². The van der Waals surface area contributed by atoms with E-state index in [0.29, 0.717) is 0 Å². The van der Waals surface area contributed by atoms with Crippen LogP contribution in [-0.4, -0.2) is 0 Å². The fraction of sp³-hybridized carbons (Fsp3) is 0.0417. The molecule has 50 heavy (non-hydrogen) atoms. The van der Waals surface area contributed by atoms with Gasteiger partial charge in [-0.25, -0.2) is 0 Å². The topological polar surface area (TPSA) is 26.3 Å². The molecule has 2 heteroatoms. The number of para-hydroxylation sites is 1. The first-order valence-corrected chi connectivity index (χ1v) is 17.4. The van der Waals surface area contributed by atoms with Gasteiger partial charge in [0.25, 0.3) is 0 Å². The lowest BCUT2D eigenvalue weighted by Gasteiger charge is -2.25. The van der Waals surface area contributed by atoms with Gasteiger partial charge in [-0.3, -0.25) is 0 Å². The third-order valence-corrected chi connectivity index (χ3v) is 10.8. The van der Waals surface area contributed by atoms with Gasteiger partial charge in [-0.1, -0.05) is 127 Å². The van der Waals surface area contributed by atoms with Gasteiger partial charge in [0.2, 0.25) is 0 Å². The maximum absolute atomic E-state index is 6.47. The Morgan fingerprint density at radius 3 is 1.90 bits per heavy atom. The van der Waals surface area contributed by atoms with Gasteiger partial charge < -0.3 is 8.83 Å². The van der Waals surface area contributed by atoms with E-state index in [1.165, 1.54) is 70.9 Å². The molecule has 0 amide bonds. The van der Waals surface area contributed by atoms with Crippen molar-refractivity contribution >= 4 is 81.8 Å². The first-order chi connectivity index (χ1) is 24.8. The number of hydrogen-bond acceptors (Lipinski definition) is 2. The van der Waals surface area contributed by atoms with Crippen LogP contribution in [0, 0.1) is 0 Å². The molecule has 234 valence electrons. The van der Waals surface area contributed by atoms with Crippen molar-refractivity contribution < 1.29 is 8.83 Å². The minimum atomic E-state index is 0.202. The zero-order valence-electron chi connectivity index (χ0n) is 27.2. The van der Waals surface area contributed by atoms with Gasteiger partial charge in [-0.2, -0.15) is 0 Å². The highest BCUT2D eigenvalue weighted by Gasteiger charge is 2.24. The molecule has 1 unspecified atom stereocenters. The van der Waals surface area contributed by atoms with E-state index in [4.69, 9.17) is 8.83 Å². The monoisotopic (exact) mass is 638 g/mol. The standard InChI is InChI=1S/C48H30O2/c1-2-12-30-28-45-41(26-29(30)11-1)48-34(20-10-22-44(48)50-45)31-13-9-14-32(25-31)46-36-16-3-5-18-38(36)47(39-19-6-4-17-37(39)46)33-23-24-43-40(27-33)35-15-7-8-21-42(35)49-43/h1-24,26-28,32H,25H2. The maximum atomic E-state index is 6.47. The van der Waals surface area contributed by atoms with Gasteiger partial charge in [0.05, 0.1) is 0 Å². The van der Waals surface area contributed by atoms with Crippen LogP contribution in [0.15, 0.2) is 173 Å². The molecule has 0 aliphatic heterocycles. The van der Waals surface area contributed by atoms with Crippen molar-refractivity contribution in [1.82, 2.24) is 0 Å². The highest BCUT2D eigenvalue weighted by Crippen LogP contribution is 2.47. The zero-order chi connectivity index (χ0) is 32.8. The van der Waals surface area contributed by atoms with Crippen LogP contribution < -0.4 is 0 Å². The molecule has 8 aromatic carbocycles. The predicted octanol–water partition coefficient (Wildman–Crippen LogP) is 13.7. The summed E-state index contributed by atoms with van der Waals surface area (Å²) < 4.78 is 12.7. The van der Waals surface area contributed by atoms with Crippen molar-refractivity contribution in [3.05, 3.63) is 175 Å². The number of allylic oxidation sites excluding steroid dienone is 4. The average Bonchev–Trinajstić information content (AvgIpc) is 3.73. The molecule has 0 spiro atoms. The van der Waals surface area contributed by atoms with Crippen molar-refractivity contribution in [2.75, 3.05) is 0 Å². The second-order valence-corrected chi connectivity index (χ2v) is 13.6. The molecule has 1 atom stereocenters. The summed E-state index contributed by atoms with van der Waals surface area (Å²) in [5.74, 6) is 0.202. The summed E-state index contributed by atoms with van der Waals surface area (Å²) in [6.45, 7) is 0. The van der Waals surface area contributed by atoms with E-state index >= 15 is 0 Å². The molecule has 0 fully saturated rings. The Labute approximate surface area is 288 Å². The maximum Gasteiger partial charge on any atom is 0.136 e.